The number of hydrogen-bond donors (Lipinski definition) is 0. The van der Waals surface area contributed by atoms with Gasteiger partial charge in [-0.05, 0) is 23.5 Å². The summed E-state index contributed by atoms with van der Waals surface area (Å²) in [5.74, 6) is 0.316. The van der Waals surface area contributed by atoms with E-state index in [9.17, 15) is 13.2 Å². The second-order valence-corrected chi connectivity index (χ2v) is 4.64. The van der Waals surface area contributed by atoms with Crippen LogP contribution in [0.2, 0.25) is 0 Å². The predicted molar refractivity (Wildman–Crippen MR) is 61.3 cm³/mol. The van der Waals surface area contributed by atoms with Crippen LogP contribution in [-0.4, -0.2) is 12.8 Å². The highest BCUT2D eigenvalue weighted by Gasteiger charge is 2.30. The lowest BCUT2D eigenvalue weighted by atomic mass is 9.82. The van der Waals surface area contributed by atoms with E-state index in [-0.39, 0.29) is 5.41 Å². The highest BCUT2D eigenvalue weighted by atomic mass is 19.4. The van der Waals surface area contributed by atoms with Gasteiger partial charge in [0.1, 0.15) is 5.75 Å². The van der Waals surface area contributed by atoms with Crippen LogP contribution < -0.4 is 4.74 Å². The van der Waals surface area contributed by atoms with E-state index in [1.54, 1.807) is 12.1 Å². The second-order valence-electron chi connectivity index (χ2n) is 4.64. The topological polar surface area (TPSA) is 9.23 Å². The highest BCUT2D eigenvalue weighted by molar-refractivity contribution is 5.38. The van der Waals surface area contributed by atoms with Crippen molar-refractivity contribution in [2.24, 2.45) is 0 Å². The van der Waals surface area contributed by atoms with Crippen molar-refractivity contribution in [2.75, 3.05) is 6.61 Å². The largest absolute Gasteiger partial charge is 0.484 e. The van der Waals surface area contributed by atoms with Crippen LogP contribution in [0.15, 0.2) is 24.3 Å². The van der Waals surface area contributed by atoms with Crippen molar-refractivity contribution in [2.45, 2.75) is 38.8 Å². The molecule has 0 bridgehead atoms. The van der Waals surface area contributed by atoms with Crippen LogP contribution in [0, 0.1) is 0 Å². The monoisotopic (exact) mass is 246 g/mol. The van der Waals surface area contributed by atoms with E-state index in [0.29, 0.717) is 5.75 Å². The highest BCUT2D eigenvalue weighted by Crippen LogP contribution is 2.34. The zero-order valence-electron chi connectivity index (χ0n) is 10.3. The van der Waals surface area contributed by atoms with E-state index in [1.165, 1.54) is 0 Å². The SMILES string of the molecule is CCC(C)(C)c1ccccc1OCC(F)(F)F. The minimum absolute atomic E-state index is 0.192. The first kappa shape index (κ1) is 13.9. The van der Waals surface area contributed by atoms with E-state index in [0.717, 1.165) is 12.0 Å². The van der Waals surface area contributed by atoms with Gasteiger partial charge in [-0.15, -0.1) is 0 Å². The molecule has 1 rings (SSSR count). The van der Waals surface area contributed by atoms with Gasteiger partial charge in [-0.3, -0.25) is 0 Å². The minimum atomic E-state index is -4.30. The zero-order valence-corrected chi connectivity index (χ0v) is 10.3. The third-order valence-electron chi connectivity index (χ3n) is 2.89. The molecule has 17 heavy (non-hydrogen) atoms. The first-order valence-electron chi connectivity index (χ1n) is 5.55. The molecule has 0 aliphatic rings. The Kier molecular flexibility index (Phi) is 4.07. The Balaban J connectivity index is 2.93. The van der Waals surface area contributed by atoms with Gasteiger partial charge in [-0.1, -0.05) is 39.0 Å². The Morgan fingerprint density at radius 1 is 1.12 bits per heavy atom. The fourth-order valence-electron chi connectivity index (χ4n) is 1.50. The smallest absolute Gasteiger partial charge is 0.422 e. The molecule has 0 amide bonds. The van der Waals surface area contributed by atoms with Crippen LogP contribution in [0.5, 0.6) is 5.75 Å². The van der Waals surface area contributed by atoms with E-state index < -0.39 is 12.8 Å². The van der Waals surface area contributed by atoms with E-state index in [2.05, 4.69) is 0 Å². The fourth-order valence-corrected chi connectivity index (χ4v) is 1.50. The van der Waals surface area contributed by atoms with E-state index in [4.69, 9.17) is 4.74 Å². The molecule has 0 radical (unpaired) electrons. The lowest BCUT2D eigenvalue weighted by Crippen LogP contribution is -2.22. The molecule has 0 aromatic heterocycles. The Morgan fingerprint density at radius 3 is 2.24 bits per heavy atom. The molecule has 1 nitrogen and oxygen atoms in total. The summed E-state index contributed by atoms with van der Waals surface area (Å²) in [6.07, 6.45) is -3.47. The van der Waals surface area contributed by atoms with Crippen LogP contribution in [0.25, 0.3) is 0 Å². The molecule has 0 atom stereocenters. The molecule has 0 spiro atoms. The summed E-state index contributed by atoms with van der Waals surface area (Å²) in [5, 5.41) is 0. The van der Waals surface area contributed by atoms with Crippen molar-refractivity contribution < 1.29 is 17.9 Å². The van der Waals surface area contributed by atoms with Crippen LogP contribution in [0.3, 0.4) is 0 Å². The van der Waals surface area contributed by atoms with Crippen molar-refractivity contribution >= 4 is 0 Å². The van der Waals surface area contributed by atoms with Gasteiger partial charge < -0.3 is 4.74 Å². The number of halogens is 3. The lowest BCUT2D eigenvalue weighted by molar-refractivity contribution is -0.153. The normalized spacial score (nSPS) is 12.6. The molecule has 0 saturated heterocycles. The van der Waals surface area contributed by atoms with Crippen LogP contribution in [0.4, 0.5) is 13.2 Å². The van der Waals surface area contributed by atoms with Crippen molar-refractivity contribution in [3.05, 3.63) is 29.8 Å². The van der Waals surface area contributed by atoms with E-state index >= 15 is 0 Å². The lowest BCUT2D eigenvalue weighted by Gasteiger charge is -2.26. The number of ether oxygens (including phenoxy) is 1. The van der Waals surface area contributed by atoms with Gasteiger partial charge in [0.25, 0.3) is 0 Å². The maximum Gasteiger partial charge on any atom is 0.422 e. The minimum Gasteiger partial charge on any atom is -0.484 e. The Labute approximate surface area is 99.6 Å². The van der Waals surface area contributed by atoms with Gasteiger partial charge in [-0.2, -0.15) is 13.2 Å². The molecule has 0 fully saturated rings. The first-order valence-corrected chi connectivity index (χ1v) is 5.55. The molecule has 0 saturated carbocycles. The zero-order chi connectivity index (χ0) is 13.1. The number of para-hydroxylation sites is 1. The third kappa shape index (κ3) is 3.95. The number of benzene rings is 1. The van der Waals surface area contributed by atoms with Gasteiger partial charge >= 0.3 is 6.18 Å². The summed E-state index contributed by atoms with van der Waals surface area (Å²) in [5.41, 5.74) is 0.620. The molecular weight excluding hydrogens is 229 g/mol. The second kappa shape index (κ2) is 4.98. The quantitative estimate of drug-likeness (QED) is 0.769. The molecular formula is C13H17F3O. The summed E-state index contributed by atoms with van der Waals surface area (Å²) in [6.45, 7) is 4.73. The number of rotatable bonds is 4. The van der Waals surface area contributed by atoms with Crippen molar-refractivity contribution in [3.8, 4) is 5.75 Å². The molecule has 0 aliphatic carbocycles. The Bertz CT molecular complexity index is 369. The third-order valence-corrected chi connectivity index (χ3v) is 2.89. The summed E-state index contributed by atoms with van der Waals surface area (Å²) >= 11 is 0. The molecule has 0 heterocycles. The standard InChI is InChI=1S/C13H17F3O/c1-4-12(2,3)10-7-5-6-8-11(10)17-9-13(14,15)16/h5-8H,4,9H2,1-3H3. The maximum absolute atomic E-state index is 12.1. The van der Waals surface area contributed by atoms with Gasteiger partial charge in [0.05, 0.1) is 0 Å². The van der Waals surface area contributed by atoms with Gasteiger partial charge in [-0.25, -0.2) is 0 Å². The van der Waals surface area contributed by atoms with Crippen LogP contribution in [0.1, 0.15) is 32.8 Å². The van der Waals surface area contributed by atoms with Gasteiger partial charge in [0, 0.05) is 0 Å². The first-order chi connectivity index (χ1) is 7.76. The number of hydrogen-bond acceptors (Lipinski definition) is 1. The van der Waals surface area contributed by atoms with Gasteiger partial charge in [0.15, 0.2) is 6.61 Å². The number of alkyl halides is 3. The van der Waals surface area contributed by atoms with Crippen molar-refractivity contribution in [3.63, 3.8) is 0 Å². The predicted octanol–water partition coefficient (Wildman–Crippen LogP) is 4.32. The van der Waals surface area contributed by atoms with Crippen molar-refractivity contribution in [1.29, 1.82) is 0 Å². The summed E-state index contributed by atoms with van der Waals surface area (Å²) in [6, 6.07) is 6.89. The average molecular weight is 246 g/mol. The summed E-state index contributed by atoms with van der Waals surface area (Å²) in [7, 11) is 0. The van der Waals surface area contributed by atoms with Crippen molar-refractivity contribution in [1.82, 2.24) is 0 Å². The molecule has 0 aliphatic heterocycles. The molecule has 1 aromatic rings. The maximum atomic E-state index is 12.1. The van der Waals surface area contributed by atoms with Crippen LogP contribution in [-0.2, 0) is 5.41 Å². The summed E-state index contributed by atoms with van der Waals surface area (Å²) in [4.78, 5) is 0. The molecule has 4 heteroatoms. The molecule has 96 valence electrons. The van der Waals surface area contributed by atoms with E-state index in [1.807, 2.05) is 32.9 Å². The molecule has 0 unspecified atom stereocenters. The fraction of sp³-hybridized carbons (Fsp3) is 0.538. The average Bonchev–Trinajstić information content (AvgIpc) is 2.26. The summed E-state index contributed by atoms with van der Waals surface area (Å²) < 4.78 is 41.2. The Hall–Kier alpha value is -1.19. The van der Waals surface area contributed by atoms with Crippen LogP contribution >= 0.6 is 0 Å². The van der Waals surface area contributed by atoms with Gasteiger partial charge in [0.2, 0.25) is 0 Å². The Morgan fingerprint density at radius 2 is 1.71 bits per heavy atom. The molecule has 1 aromatic carbocycles. The molecule has 0 N–H and O–H groups in total.